The summed E-state index contributed by atoms with van der Waals surface area (Å²) < 4.78 is 24.7. The van der Waals surface area contributed by atoms with Gasteiger partial charge < -0.3 is 14.2 Å². The van der Waals surface area contributed by atoms with Gasteiger partial charge in [0.1, 0.15) is 17.6 Å². The lowest BCUT2D eigenvalue weighted by Crippen LogP contribution is -2.18. The summed E-state index contributed by atoms with van der Waals surface area (Å²) in [4.78, 5) is 24.4. The van der Waals surface area contributed by atoms with Crippen molar-refractivity contribution in [1.29, 1.82) is 0 Å². The first-order valence-corrected chi connectivity index (χ1v) is 9.29. The fourth-order valence-electron chi connectivity index (χ4n) is 1.69. The molecule has 0 aliphatic heterocycles. The molecule has 1 aromatic rings. The Kier molecular flexibility index (Phi) is 8.80. The second-order valence-electron chi connectivity index (χ2n) is 4.87. The van der Waals surface area contributed by atoms with E-state index in [9.17, 15) is 14.1 Å². The molecule has 1 rings (SSSR count). The predicted molar refractivity (Wildman–Crippen MR) is 98.2 cm³/mol. The summed E-state index contributed by atoms with van der Waals surface area (Å²) in [6.07, 6.45) is 3.06. The lowest BCUT2D eigenvalue weighted by atomic mass is 10.1. The normalized spacial score (nSPS) is 11.2. The molecule has 1 aromatic carbocycles. The van der Waals surface area contributed by atoms with Crippen LogP contribution in [0.25, 0.3) is 6.08 Å². The Labute approximate surface area is 150 Å². The van der Waals surface area contributed by atoms with E-state index >= 15 is 0 Å². The van der Waals surface area contributed by atoms with Crippen LogP contribution < -0.4 is 4.74 Å². The minimum Gasteiger partial charge on any atom is -0.484 e. The second kappa shape index (κ2) is 10.6. The molecular weight excluding hydrogens is 344 g/mol. The van der Waals surface area contributed by atoms with Crippen LogP contribution in [0.5, 0.6) is 5.75 Å². The zero-order valence-electron chi connectivity index (χ0n) is 14.6. The number of rotatable bonds is 9. The summed E-state index contributed by atoms with van der Waals surface area (Å²) in [6, 6.07) is 6.78. The Morgan fingerprint density at radius 1 is 1.12 bits per heavy atom. The molecule has 0 heterocycles. The molecule has 0 radical (unpaired) electrons. The smallest absolute Gasteiger partial charge is 0.345 e. The quantitative estimate of drug-likeness (QED) is 0.238. The van der Waals surface area contributed by atoms with Crippen molar-refractivity contribution in [3.05, 3.63) is 46.9 Å². The van der Waals surface area contributed by atoms with E-state index in [1.165, 1.54) is 6.08 Å². The van der Waals surface area contributed by atoms with Crippen LogP contribution in [0, 0.1) is 0 Å². The zero-order valence-corrected chi connectivity index (χ0v) is 15.4. The van der Waals surface area contributed by atoms with Crippen molar-refractivity contribution in [3.8, 4) is 5.75 Å². The summed E-state index contributed by atoms with van der Waals surface area (Å²) >= 11 is -0.893. The van der Waals surface area contributed by atoms with Crippen LogP contribution in [-0.4, -0.2) is 42.6 Å². The van der Waals surface area contributed by atoms with Crippen LogP contribution in [0.15, 0.2) is 41.3 Å². The average molecular weight is 367 g/mol. The van der Waals surface area contributed by atoms with E-state index < -0.39 is 23.1 Å². The maximum Gasteiger partial charge on any atom is 0.345 e. The van der Waals surface area contributed by atoms with Crippen LogP contribution in [0.4, 0.5) is 0 Å². The third-order valence-electron chi connectivity index (χ3n) is 3.00. The van der Waals surface area contributed by atoms with Gasteiger partial charge in [-0.25, -0.2) is 9.59 Å². The highest BCUT2D eigenvalue weighted by Gasteiger charge is 2.21. The van der Waals surface area contributed by atoms with Crippen LogP contribution in [-0.2, 0) is 30.2 Å². The van der Waals surface area contributed by atoms with Crippen molar-refractivity contribution >= 4 is 29.2 Å². The molecule has 0 saturated carbocycles. The van der Waals surface area contributed by atoms with Crippen molar-refractivity contribution in [1.82, 2.24) is 0 Å². The second-order valence-corrected chi connectivity index (χ2v) is 6.41. The van der Waals surface area contributed by atoms with Crippen LogP contribution in [0.3, 0.4) is 0 Å². The van der Waals surface area contributed by atoms with E-state index in [1.807, 2.05) is 0 Å². The zero-order chi connectivity index (χ0) is 18.8. The van der Waals surface area contributed by atoms with E-state index in [1.54, 1.807) is 44.4 Å². The van der Waals surface area contributed by atoms with Gasteiger partial charge in [-0.2, -0.15) is 4.55 Å². The molecule has 1 unspecified atom stereocenters. The van der Waals surface area contributed by atoms with Gasteiger partial charge in [-0.1, -0.05) is 12.1 Å². The highest BCUT2D eigenvalue weighted by molar-refractivity contribution is 7.94. The van der Waals surface area contributed by atoms with E-state index in [2.05, 4.69) is 6.58 Å². The summed E-state index contributed by atoms with van der Waals surface area (Å²) in [5, 5.41) is 0. The van der Waals surface area contributed by atoms with Crippen molar-refractivity contribution in [3.63, 3.8) is 0 Å². The molecule has 0 fully saturated rings. The molecule has 0 aromatic heterocycles. The van der Waals surface area contributed by atoms with Crippen molar-refractivity contribution in [2.45, 2.75) is 13.8 Å². The van der Waals surface area contributed by atoms with Gasteiger partial charge in [0.25, 0.3) is 0 Å². The highest BCUT2D eigenvalue weighted by Crippen LogP contribution is 2.17. The minimum absolute atomic E-state index is 0.163. The molecular formula is C18H23O6S+. The van der Waals surface area contributed by atoms with Gasteiger partial charge in [0.15, 0.2) is 22.7 Å². The SMILES string of the molecule is C=C(COc1ccc(C=C(C(=O)OCC)C(=O)OCC)cc1)[S+](C)O. The first kappa shape index (κ1) is 20.8. The number of benzene rings is 1. The van der Waals surface area contributed by atoms with Crippen molar-refractivity contribution in [2.75, 3.05) is 26.1 Å². The fourth-order valence-corrected chi connectivity index (χ4v) is 1.92. The molecule has 1 atom stereocenters. The number of carbonyl (C=O) groups excluding carboxylic acids is 2. The van der Waals surface area contributed by atoms with E-state index in [0.717, 1.165) is 0 Å². The highest BCUT2D eigenvalue weighted by atomic mass is 32.2. The van der Waals surface area contributed by atoms with E-state index in [-0.39, 0.29) is 25.4 Å². The van der Waals surface area contributed by atoms with Gasteiger partial charge in [0.2, 0.25) is 0 Å². The minimum atomic E-state index is -0.893. The maximum absolute atomic E-state index is 11.9. The Balaban J connectivity index is 2.89. The first-order chi connectivity index (χ1) is 11.9. The van der Waals surface area contributed by atoms with E-state index in [4.69, 9.17) is 14.2 Å². The van der Waals surface area contributed by atoms with Crippen LogP contribution >= 0.6 is 0 Å². The van der Waals surface area contributed by atoms with Gasteiger partial charge in [-0.05, 0) is 44.2 Å². The summed E-state index contributed by atoms with van der Waals surface area (Å²) in [5.41, 5.74) is 0.459. The maximum atomic E-state index is 11.9. The molecule has 0 bridgehead atoms. The molecule has 7 heteroatoms. The Morgan fingerprint density at radius 2 is 1.64 bits per heavy atom. The number of ether oxygens (including phenoxy) is 3. The van der Waals surface area contributed by atoms with Gasteiger partial charge in [-0.15, -0.1) is 0 Å². The Bertz CT molecular complexity index is 613. The Morgan fingerprint density at radius 3 is 2.08 bits per heavy atom. The van der Waals surface area contributed by atoms with Gasteiger partial charge in [0, 0.05) is 0 Å². The average Bonchev–Trinajstić information content (AvgIpc) is 2.58. The largest absolute Gasteiger partial charge is 0.484 e. The molecule has 0 aliphatic rings. The van der Waals surface area contributed by atoms with Gasteiger partial charge >= 0.3 is 11.9 Å². The molecule has 0 aliphatic carbocycles. The fraction of sp³-hybridized carbons (Fsp3) is 0.333. The molecule has 0 saturated heterocycles. The molecule has 0 amide bonds. The molecule has 0 spiro atoms. The topological polar surface area (TPSA) is 82.1 Å². The van der Waals surface area contributed by atoms with Gasteiger partial charge in [-0.3, -0.25) is 0 Å². The predicted octanol–water partition coefficient (Wildman–Crippen LogP) is 2.81. The van der Waals surface area contributed by atoms with Crippen molar-refractivity contribution in [2.24, 2.45) is 0 Å². The standard InChI is InChI=1S/C18H23O6S/c1-5-22-17(19)16(18(20)23-6-2)11-14-7-9-15(10-8-14)24-12-13(3)25(4)21/h7-11,21H,3,5-6,12H2,1-2,4H3/q+1. The van der Waals surface area contributed by atoms with Crippen LogP contribution in [0.2, 0.25) is 0 Å². The molecule has 136 valence electrons. The van der Waals surface area contributed by atoms with Gasteiger partial charge in [0.05, 0.1) is 13.2 Å². The first-order valence-electron chi connectivity index (χ1n) is 7.70. The lowest BCUT2D eigenvalue weighted by molar-refractivity contribution is -0.146. The lowest BCUT2D eigenvalue weighted by Gasteiger charge is -2.07. The number of hydrogen-bond acceptors (Lipinski definition) is 6. The third kappa shape index (κ3) is 7.03. The number of esters is 2. The summed E-state index contributed by atoms with van der Waals surface area (Å²) in [5.74, 6) is -0.872. The summed E-state index contributed by atoms with van der Waals surface area (Å²) in [7, 11) is 0. The Hall–Kier alpha value is -2.25. The molecule has 6 nitrogen and oxygen atoms in total. The summed E-state index contributed by atoms with van der Waals surface area (Å²) in [6.45, 7) is 7.58. The number of carbonyl (C=O) groups is 2. The third-order valence-corrected chi connectivity index (χ3v) is 3.95. The van der Waals surface area contributed by atoms with Crippen molar-refractivity contribution < 1.29 is 28.4 Å². The van der Waals surface area contributed by atoms with Crippen LogP contribution in [0.1, 0.15) is 19.4 Å². The number of hydrogen-bond donors (Lipinski definition) is 1. The molecule has 25 heavy (non-hydrogen) atoms. The van der Waals surface area contributed by atoms with E-state index in [0.29, 0.717) is 16.2 Å². The monoisotopic (exact) mass is 367 g/mol. The molecule has 1 N–H and O–H groups in total.